The van der Waals surface area contributed by atoms with E-state index < -0.39 is 11.6 Å². The van der Waals surface area contributed by atoms with Gasteiger partial charge in [-0.25, -0.2) is 4.79 Å². The van der Waals surface area contributed by atoms with Crippen molar-refractivity contribution in [1.82, 2.24) is 9.80 Å². The average molecular weight is 583 g/mol. The second kappa shape index (κ2) is 13.6. The molecule has 2 aliphatic heterocycles. The van der Waals surface area contributed by atoms with Crippen molar-refractivity contribution < 1.29 is 33.3 Å². The lowest BCUT2D eigenvalue weighted by Crippen LogP contribution is -2.66. The van der Waals surface area contributed by atoms with E-state index in [0.717, 1.165) is 43.2 Å². The van der Waals surface area contributed by atoms with E-state index in [-0.39, 0.29) is 24.0 Å². The van der Waals surface area contributed by atoms with Crippen molar-refractivity contribution >= 4 is 12.0 Å². The number of nitrogens with zero attached hydrogens (tertiary/aromatic N) is 2. The molecule has 0 spiro atoms. The first kappa shape index (κ1) is 31.3. The Bertz CT molecular complexity index is 1240. The van der Waals surface area contributed by atoms with Crippen LogP contribution >= 0.6 is 0 Å². The average Bonchev–Trinajstić information content (AvgIpc) is 2.97. The fourth-order valence-corrected chi connectivity index (χ4v) is 6.13. The Morgan fingerprint density at radius 2 is 1.48 bits per heavy atom. The van der Waals surface area contributed by atoms with Crippen LogP contribution in [0.2, 0.25) is 0 Å². The minimum Gasteiger partial charge on any atom is -0.493 e. The number of benzene rings is 2. The van der Waals surface area contributed by atoms with Gasteiger partial charge in [0.15, 0.2) is 23.0 Å². The minimum atomic E-state index is -0.611. The lowest BCUT2D eigenvalue weighted by Gasteiger charge is -2.49. The van der Waals surface area contributed by atoms with Gasteiger partial charge < -0.3 is 28.6 Å². The molecule has 3 atom stereocenters. The van der Waals surface area contributed by atoms with Crippen molar-refractivity contribution in [2.75, 3.05) is 41.5 Å². The van der Waals surface area contributed by atoms with E-state index in [0.29, 0.717) is 42.5 Å². The number of piperazine rings is 1. The summed E-state index contributed by atoms with van der Waals surface area (Å²) in [6.45, 7) is 6.70. The van der Waals surface area contributed by atoms with Gasteiger partial charge in [0, 0.05) is 13.1 Å². The highest BCUT2D eigenvalue weighted by Crippen LogP contribution is 2.34. The van der Waals surface area contributed by atoms with Gasteiger partial charge in [-0.2, -0.15) is 0 Å². The van der Waals surface area contributed by atoms with Crippen molar-refractivity contribution in [3.8, 4) is 23.0 Å². The van der Waals surface area contributed by atoms with Crippen LogP contribution < -0.4 is 18.9 Å². The topological polar surface area (TPSA) is 86.8 Å². The molecule has 3 unspecified atom stereocenters. The van der Waals surface area contributed by atoms with E-state index in [9.17, 15) is 9.59 Å². The number of methoxy groups -OCH3 is 4. The summed E-state index contributed by atoms with van der Waals surface area (Å²) in [5.41, 5.74) is 1.65. The molecule has 0 aromatic heterocycles. The van der Waals surface area contributed by atoms with Crippen LogP contribution in [0.1, 0.15) is 57.6 Å². The fourth-order valence-electron chi connectivity index (χ4n) is 6.13. The van der Waals surface area contributed by atoms with Crippen LogP contribution in [0.4, 0.5) is 4.79 Å². The molecule has 2 heterocycles. The Morgan fingerprint density at radius 3 is 2.07 bits per heavy atom. The lowest BCUT2D eigenvalue weighted by atomic mass is 9.88. The molecule has 230 valence electrons. The summed E-state index contributed by atoms with van der Waals surface area (Å²) in [7, 11) is 6.53. The number of hydrogen-bond donors (Lipinski definition) is 0. The molecule has 2 aliphatic rings. The highest BCUT2D eigenvalue weighted by atomic mass is 16.6. The van der Waals surface area contributed by atoms with Crippen LogP contribution in [0.15, 0.2) is 36.4 Å². The quantitative estimate of drug-likeness (QED) is 0.345. The summed E-state index contributed by atoms with van der Waals surface area (Å²) in [5.74, 6) is 2.96. The number of amides is 2. The molecule has 2 bridgehead atoms. The fraction of sp³-hybridized carbons (Fsp3) is 0.576. The van der Waals surface area contributed by atoms with E-state index in [1.165, 1.54) is 0 Å². The Morgan fingerprint density at radius 1 is 0.881 bits per heavy atom. The zero-order valence-corrected chi connectivity index (χ0v) is 26.1. The standard InChI is InChI=1S/C33H46N2O7/c1-33(2,3)42-32(37)35-25-9-8-10-26(35)31(36)34(21-25)20-24(17-23-14-16-28(39-5)30(19-23)41-7)12-11-22-13-15-27(38-4)29(18-22)40-6/h13-16,18-19,24-26H,8-12,17,20-21H2,1-7H3. The molecule has 9 heteroatoms. The summed E-state index contributed by atoms with van der Waals surface area (Å²) < 4.78 is 27.6. The van der Waals surface area contributed by atoms with E-state index >= 15 is 0 Å². The van der Waals surface area contributed by atoms with Crippen LogP contribution in [0.25, 0.3) is 0 Å². The SMILES string of the molecule is COc1ccc(CCC(Cc2ccc(OC)c(OC)c2)CN2CC3CCCC(C2=O)N3C(=O)OC(C)(C)C)cc1OC. The summed E-state index contributed by atoms with van der Waals surface area (Å²) in [4.78, 5) is 30.6. The summed E-state index contributed by atoms with van der Waals surface area (Å²) >= 11 is 0. The monoisotopic (exact) mass is 582 g/mol. The number of carbonyl (C=O) groups excluding carboxylic acids is 2. The van der Waals surface area contributed by atoms with E-state index in [1.54, 1.807) is 33.3 Å². The maximum absolute atomic E-state index is 13.8. The maximum atomic E-state index is 13.8. The van der Waals surface area contributed by atoms with Crippen molar-refractivity contribution in [3.63, 3.8) is 0 Å². The molecule has 2 aromatic rings. The number of rotatable bonds is 11. The number of piperidine rings is 1. The third-order valence-corrected chi connectivity index (χ3v) is 8.12. The van der Waals surface area contributed by atoms with Crippen molar-refractivity contribution in [2.45, 2.75) is 77.0 Å². The normalized spacial score (nSPS) is 19.3. The van der Waals surface area contributed by atoms with Crippen molar-refractivity contribution in [3.05, 3.63) is 47.5 Å². The van der Waals surface area contributed by atoms with E-state index in [1.807, 2.05) is 49.9 Å². The molecule has 2 fully saturated rings. The zero-order valence-electron chi connectivity index (χ0n) is 26.1. The van der Waals surface area contributed by atoms with Crippen LogP contribution in [0, 0.1) is 5.92 Å². The number of ether oxygens (including phenoxy) is 5. The molecule has 0 radical (unpaired) electrons. The predicted molar refractivity (Wildman–Crippen MR) is 161 cm³/mol. The van der Waals surface area contributed by atoms with Crippen molar-refractivity contribution in [2.24, 2.45) is 5.92 Å². The van der Waals surface area contributed by atoms with Gasteiger partial charge in [0.2, 0.25) is 5.91 Å². The van der Waals surface area contributed by atoms with Crippen LogP contribution in [-0.2, 0) is 22.4 Å². The van der Waals surface area contributed by atoms with Gasteiger partial charge in [-0.15, -0.1) is 0 Å². The Kier molecular flexibility index (Phi) is 10.1. The zero-order chi connectivity index (χ0) is 30.4. The third-order valence-electron chi connectivity index (χ3n) is 8.12. The van der Waals surface area contributed by atoms with Gasteiger partial charge >= 0.3 is 6.09 Å². The van der Waals surface area contributed by atoms with Gasteiger partial charge in [0.25, 0.3) is 0 Å². The molecule has 0 N–H and O–H groups in total. The van der Waals surface area contributed by atoms with Gasteiger partial charge in [-0.05, 0) is 101 Å². The highest BCUT2D eigenvalue weighted by Gasteiger charge is 2.47. The van der Waals surface area contributed by atoms with Crippen molar-refractivity contribution in [1.29, 1.82) is 0 Å². The third kappa shape index (κ3) is 7.41. The summed E-state index contributed by atoms with van der Waals surface area (Å²) in [6, 6.07) is 11.5. The number of likely N-dealkylation sites (tertiary alicyclic amines) is 1. The number of aryl methyl sites for hydroxylation is 1. The Hall–Kier alpha value is -3.62. The predicted octanol–water partition coefficient (Wildman–Crippen LogP) is 5.51. The van der Waals surface area contributed by atoms with E-state index in [2.05, 4.69) is 12.1 Å². The largest absolute Gasteiger partial charge is 0.493 e. The molecular weight excluding hydrogens is 536 g/mol. The molecule has 2 saturated heterocycles. The first-order chi connectivity index (χ1) is 20.1. The molecule has 4 rings (SSSR count). The second-order valence-corrected chi connectivity index (χ2v) is 12.2. The Labute approximate surface area is 250 Å². The van der Waals surface area contributed by atoms with E-state index in [4.69, 9.17) is 23.7 Å². The molecule has 0 aliphatic carbocycles. The smallest absolute Gasteiger partial charge is 0.411 e. The first-order valence-electron chi connectivity index (χ1n) is 14.8. The molecular formula is C33H46N2O7. The lowest BCUT2D eigenvalue weighted by molar-refractivity contribution is -0.148. The van der Waals surface area contributed by atoms with Crippen LogP contribution in [-0.4, -0.2) is 81.0 Å². The molecule has 2 amide bonds. The number of fused-ring (bicyclic) bond motifs is 2. The molecule has 9 nitrogen and oxygen atoms in total. The second-order valence-electron chi connectivity index (χ2n) is 12.2. The Balaban J connectivity index is 1.54. The first-order valence-corrected chi connectivity index (χ1v) is 14.8. The summed E-state index contributed by atoms with van der Waals surface area (Å²) in [6.07, 6.45) is 4.52. The summed E-state index contributed by atoms with van der Waals surface area (Å²) in [5, 5.41) is 0. The van der Waals surface area contributed by atoms with Gasteiger partial charge in [-0.3, -0.25) is 9.69 Å². The maximum Gasteiger partial charge on any atom is 0.411 e. The van der Waals surface area contributed by atoms with Gasteiger partial charge in [-0.1, -0.05) is 12.1 Å². The highest BCUT2D eigenvalue weighted by molar-refractivity contribution is 5.87. The number of hydrogen-bond acceptors (Lipinski definition) is 7. The molecule has 0 saturated carbocycles. The minimum absolute atomic E-state index is 0.0141. The number of carbonyl (C=O) groups is 2. The van der Waals surface area contributed by atoms with Crippen LogP contribution in [0.5, 0.6) is 23.0 Å². The van der Waals surface area contributed by atoms with Gasteiger partial charge in [0.1, 0.15) is 11.6 Å². The molecule has 2 aromatic carbocycles. The van der Waals surface area contributed by atoms with Gasteiger partial charge in [0.05, 0.1) is 34.5 Å². The molecule has 42 heavy (non-hydrogen) atoms. The van der Waals surface area contributed by atoms with Crippen LogP contribution in [0.3, 0.4) is 0 Å².